The van der Waals surface area contributed by atoms with Crippen molar-refractivity contribution in [3.8, 4) is 0 Å². The average Bonchev–Trinajstić information content (AvgIpc) is 2.33. The summed E-state index contributed by atoms with van der Waals surface area (Å²) in [7, 11) is 4.11. The van der Waals surface area contributed by atoms with Crippen LogP contribution in [0.4, 0.5) is 4.39 Å². The first kappa shape index (κ1) is 14.7. The van der Waals surface area contributed by atoms with Gasteiger partial charge >= 0.3 is 0 Å². The number of rotatable bonds is 3. The van der Waals surface area contributed by atoms with Crippen LogP contribution in [0.15, 0.2) is 18.2 Å². The van der Waals surface area contributed by atoms with Crippen LogP contribution >= 0.6 is 11.6 Å². The summed E-state index contributed by atoms with van der Waals surface area (Å²) >= 11 is 5.72. The van der Waals surface area contributed by atoms with Gasteiger partial charge in [-0.3, -0.25) is 0 Å². The molecule has 5 heteroatoms. The zero-order valence-electron chi connectivity index (χ0n) is 11.3. The fourth-order valence-electron chi connectivity index (χ4n) is 2.51. The zero-order valence-corrected chi connectivity index (χ0v) is 12.1. The molecule has 3 nitrogen and oxygen atoms in total. The summed E-state index contributed by atoms with van der Waals surface area (Å²) in [5, 5.41) is 10.6. The average molecular weight is 287 g/mol. The van der Waals surface area contributed by atoms with Gasteiger partial charge in [0.2, 0.25) is 0 Å². The molecule has 1 saturated heterocycles. The standard InChI is InChI=1S/C14H20ClFN2O/c1-17-5-6-18(2)11(9-17)8-14(19)12-4-3-10(15)7-13(12)16/h3-4,7,11,14,19H,5-6,8-9H2,1-2H3. The second kappa shape index (κ2) is 6.18. The van der Waals surface area contributed by atoms with Crippen LogP contribution in [0.2, 0.25) is 5.02 Å². The number of nitrogens with zero attached hydrogens (tertiary/aromatic N) is 2. The maximum atomic E-state index is 13.8. The van der Waals surface area contributed by atoms with Gasteiger partial charge in [-0.1, -0.05) is 17.7 Å². The monoisotopic (exact) mass is 286 g/mol. The Balaban J connectivity index is 2.05. The third-order valence-corrected chi connectivity index (χ3v) is 4.03. The number of aliphatic hydroxyl groups is 1. The highest BCUT2D eigenvalue weighted by Crippen LogP contribution is 2.26. The molecule has 0 bridgehead atoms. The van der Waals surface area contributed by atoms with Crippen LogP contribution in [-0.2, 0) is 0 Å². The molecule has 2 atom stereocenters. The van der Waals surface area contributed by atoms with Crippen LogP contribution in [0.3, 0.4) is 0 Å². The number of benzene rings is 1. The van der Waals surface area contributed by atoms with Crippen LogP contribution in [0.5, 0.6) is 0 Å². The summed E-state index contributed by atoms with van der Waals surface area (Å²) < 4.78 is 13.8. The Morgan fingerprint density at radius 3 is 2.84 bits per heavy atom. The van der Waals surface area contributed by atoms with Gasteiger partial charge in [-0.15, -0.1) is 0 Å². The molecule has 1 fully saturated rings. The number of aliphatic hydroxyl groups excluding tert-OH is 1. The van der Waals surface area contributed by atoms with E-state index >= 15 is 0 Å². The Bertz CT molecular complexity index is 443. The van der Waals surface area contributed by atoms with Crippen LogP contribution in [0.1, 0.15) is 18.1 Å². The SMILES string of the molecule is CN1CCN(C)C(CC(O)c2ccc(Cl)cc2F)C1. The van der Waals surface area contributed by atoms with Gasteiger partial charge in [0.1, 0.15) is 5.82 Å². The second-order valence-corrected chi connectivity index (χ2v) is 5.75. The van der Waals surface area contributed by atoms with E-state index in [1.807, 2.05) is 7.05 Å². The Kier molecular flexibility index (Phi) is 4.79. The molecule has 0 aromatic heterocycles. The molecule has 0 amide bonds. The van der Waals surface area contributed by atoms with Crippen molar-refractivity contribution in [2.45, 2.75) is 18.6 Å². The van der Waals surface area contributed by atoms with E-state index in [1.54, 1.807) is 12.1 Å². The van der Waals surface area contributed by atoms with Crippen molar-refractivity contribution < 1.29 is 9.50 Å². The first-order chi connectivity index (χ1) is 8.97. The van der Waals surface area contributed by atoms with E-state index in [-0.39, 0.29) is 6.04 Å². The van der Waals surface area contributed by atoms with Crippen molar-refractivity contribution in [3.05, 3.63) is 34.6 Å². The Morgan fingerprint density at radius 1 is 1.42 bits per heavy atom. The molecule has 19 heavy (non-hydrogen) atoms. The molecule has 1 aromatic rings. The number of hydrogen-bond donors (Lipinski definition) is 1. The minimum atomic E-state index is -0.795. The summed E-state index contributed by atoms with van der Waals surface area (Å²) in [4.78, 5) is 4.45. The van der Waals surface area contributed by atoms with Crippen LogP contribution in [0.25, 0.3) is 0 Å². The summed E-state index contributed by atoms with van der Waals surface area (Å²) in [6.45, 7) is 2.89. The van der Waals surface area contributed by atoms with E-state index in [1.165, 1.54) is 6.07 Å². The minimum Gasteiger partial charge on any atom is -0.388 e. The molecular formula is C14H20ClFN2O. The fourth-order valence-corrected chi connectivity index (χ4v) is 2.67. The lowest BCUT2D eigenvalue weighted by molar-refractivity contribution is 0.0622. The van der Waals surface area contributed by atoms with E-state index < -0.39 is 11.9 Å². The van der Waals surface area contributed by atoms with Crippen molar-refractivity contribution in [1.82, 2.24) is 9.80 Å². The number of piperazine rings is 1. The highest BCUT2D eigenvalue weighted by atomic mass is 35.5. The molecular weight excluding hydrogens is 267 g/mol. The van der Waals surface area contributed by atoms with Crippen LogP contribution < -0.4 is 0 Å². The van der Waals surface area contributed by atoms with E-state index in [0.29, 0.717) is 17.0 Å². The molecule has 1 aliphatic rings. The van der Waals surface area contributed by atoms with Crippen molar-refractivity contribution in [2.24, 2.45) is 0 Å². The Morgan fingerprint density at radius 2 is 2.16 bits per heavy atom. The summed E-state index contributed by atoms with van der Waals surface area (Å²) in [6.07, 6.45) is -0.268. The van der Waals surface area contributed by atoms with Gasteiger partial charge in [-0.2, -0.15) is 0 Å². The van der Waals surface area contributed by atoms with Gasteiger partial charge in [-0.25, -0.2) is 4.39 Å². The lowest BCUT2D eigenvalue weighted by atomic mass is 9.99. The molecule has 2 rings (SSSR count). The van der Waals surface area contributed by atoms with Gasteiger partial charge in [0.15, 0.2) is 0 Å². The molecule has 106 valence electrons. The molecule has 2 unspecified atom stereocenters. The lowest BCUT2D eigenvalue weighted by Crippen LogP contribution is -2.50. The molecule has 0 radical (unpaired) electrons. The smallest absolute Gasteiger partial charge is 0.130 e. The first-order valence-corrected chi connectivity index (χ1v) is 6.87. The molecule has 1 aromatic carbocycles. The summed E-state index contributed by atoms with van der Waals surface area (Å²) in [5.74, 6) is -0.438. The van der Waals surface area contributed by atoms with Gasteiger partial charge < -0.3 is 14.9 Å². The number of hydrogen-bond acceptors (Lipinski definition) is 3. The minimum absolute atomic E-state index is 0.240. The number of likely N-dealkylation sites (N-methyl/N-ethyl adjacent to an activating group) is 2. The Hall–Kier alpha value is -0.680. The van der Waals surface area contributed by atoms with Gasteiger partial charge in [0, 0.05) is 36.3 Å². The van der Waals surface area contributed by atoms with Gasteiger partial charge in [0.05, 0.1) is 6.10 Å². The lowest BCUT2D eigenvalue weighted by Gasteiger charge is -2.38. The first-order valence-electron chi connectivity index (χ1n) is 6.49. The predicted molar refractivity (Wildman–Crippen MR) is 74.9 cm³/mol. The van der Waals surface area contributed by atoms with E-state index in [2.05, 4.69) is 16.8 Å². The highest BCUT2D eigenvalue weighted by molar-refractivity contribution is 6.30. The second-order valence-electron chi connectivity index (χ2n) is 5.31. The van der Waals surface area contributed by atoms with Crippen molar-refractivity contribution in [3.63, 3.8) is 0 Å². The van der Waals surface area contributed by atoms with E-state index in [0.717, 1.165) is 19.6 Å². The third kappa shape index (κ3) is 3.66. The largest absolute Gasteiger partial charge is 0.388 e. The topological polar surface area (TPSA) is 26.7 Å². The summed E-state index contributed by atoms with van der Waals surface area (Å²) in [5.41, 5.74) is 0.325. The molecule has 0 spiro atoms. The fraction of sp³-hybridized carbons (Fsp3) is 0.571. The predicted octanol–water partition coefficient (Wildman–Crippen LogP) is 2.15. The Labute approximate surface area is 118 Å². The highest BCUT2D eigenvalue weighted by Gasteiger charge is 2.26. The van der Waals surface area contributed by atoms with E-state index in [9.17, 15) is 9.50 Å². The number of halogens is 2. The summed E-state index contributed by atoms with van der Waals surface area (Å²) in [6, 6.07) is 4.66. The molecule has 1 aliphatic heterocycles. The maximum Gasteiger partial charge on any atom is 0.130 e. The maximum absolute atomic E-state index is 13.8. The molecule has 1 heterocycles. The molecule has 0 saturated carbocycles. The van der Waals surface area contributed by atoms with Crippen LogP contribution in [0, 0.1) is 5.82 Å². The van der Waals surface area contributed by atoms with Crippen LogP contribution in [-0.4, -0.2) is 54.7 Å². The van der Waals surface area contributed by atoms with Gasteiger partial charge in [-0.05, 0) is 32.6 Å². The van der Waals surface area contributed by atoms with Crippen molar-refractivity contribution in [1.29, 1.82) is 0 Å². The quantitative estimate of drug-likeness (QED) is 0.922. The molecule has 1 N–H and O–H groups in total. The van der Waals surface area contributed by atoms with E-state index in [4.69, 9.17) is 11.6 Å². The molecule has 0 aliphatic carbocycles. The third-order valence-electron chi connectivity index (χ3n) is 3.80. The normalized spacial score (nSPS) is 23.5. The van der Waals surface area contributed by atoms with Gasteiger partial charge in [0.25, 0.3) is 0 Å². The van der Waals surface area contributed by atoms with Crippen molar-refractivity contribution >= 4 is 11.6 Å². The van der Waals surface area contributed by atoms with Crippen molar-refractivity contribution in [2.75, 3.05) is 33.7 Å². The zero-order chi connectivity index (χ0) is 14.0.